The monoisotopic (exact) mass is 773 g/mol. The second-order valence-corrected chi connectivity index (χ2v) is 13.2. The molecule has 0 aromatic heterocycles. The van der Waals surface area contributed by atoms with E-state index in [2.05, 4.69) is 0 Å². The van der Waals surface area contributed by atoms with Gasteiger partial charge in [-0.25, -0.2) is 0 Å². The molecule has 0 N–H and O–H groups in total. The molecule has 13 heteroatoms. The van der Waals surface area contributed by atoms with E-state index in [1.165, 1.54) is 23.5 Å². The maximum Gasteiger partial charge on any atom is 2.00 e. The number of carbonyl (C=O) groups is 6. The zero-order valence-electron chi connectivity index (χ0n) is 27.4. The second kappa shape index (κ2) is 17.5. The van der Waals surface area contributed by atoms with E-state index in [9.17, 15) is 39.0 Å². The van der Waals surface area contributed by atoms with Crippen molar-refractivity contribution in [2.45, 2.75) is 48.3 Å². The number of ketones is 4. The maximum absolute atomic E-state index is 12.8. The van der Waals surface area contributed by atoms with E-state index in [-0.39, 0.29) is 65.9 Å². The van der Waals surface area contributed by atoms with Crippen molar-refractivity contribution in [2.24, 2.45) is 0 Å². The van der Waals surface area contributed by atoms with Gasteiger partial charge >= 0.3 is 17.1 Å². The van der Waals surface area contributed by atoms with Gasteiger partial charge in [0.05, 0.1) is 25.7 Å². The number of carbonyl (C=O) groups excluding carboxylic acids is 6. The molecule has 0 bridgehead atoms. The van der Waals surface area contributed by atoms with Crippen LogP contribution >= 0.6 is 23.5 Å². The average molecular weight is 774 g/mol. The third kappa shape index (κ3) is 9.36. The van der Waals surface area contributed by atoms with Gasteiger partial charge in [0, 0.05) is 80.8 Å². The number of ether oxygens (including phenoxy) is 2. The van der Waals surface area contributed by atoms with E-state index in [4.69, 9.17) is 9.47 Å². The van der Waals surface area contributed by atoms with Gasteiger partial charge in [0.2, 0.25) is 0 Å². The smallest absolute Gasteiger partial charge is 0.550 e. The first kappa shape index (κ1) is 39.1. The molecule has 2 aliphatic carbocycles. The minimum Gasteiger partial charge on any atom is -0.550 e. The first-order valence-corrected chi connectivity index (χ1v) is 17.2. The standard InChI is InChI=1S/2C19H16O5S.Cu/c2*1-24-13-3-5-14-12(8-13)10-25-17-9-11(2-4-15(17)19(14)23)16(20)6-7-18(21)22;/h2*2-5,9-10H,6-8H2,1H3,(H,21,22);/q;;+2/p-2. The van der Waals surface area contributed by atoms with Crippen LogP contribution in [0.1, 0.15) is 80.0 Å². The van der Waals surface area contributed by atoms with Crippen LogP contribution in [0.15, 0.2) is 115 Å². The summed E-state index contributed by atoms with van der Waals surface area (Å²) < 4.78 is 10.5. The molecular formula is C38H30CuO10S2. The Hall–Kier alpha value is -4.68. The molecule has 10 nitrogen and oxygen atoms in total. The molecule has 2 aliphatic heterocycles. The molecule has 0 atom stereocenters. The van der Waals surface area contributed by atoms with Crippen LogP contribution in [0, 0.1) is 0 Å². The van der Waals surface area contributed by atoms with E-state index in [0.717, 1.165) is 22.7 Å². The van der Waals surface area contributed by atoms with Crippen molar-refractivity contribution in [3.63, 3.8) is 0 Å². The summed E-state index contributed by atoms with van der Waals surface area (Å²) in [6.07, 6.45) is 7.32. The first-order chi connectivity index (χ1) is 24.0. The minimum atomic E-state index is -1.25. The van der Waals surface area contributed by atoms with Crippen molar-refractivity contribution in [1.29, 1.82) is 0 Å². The topological polar surface area (TPSA) is 167 Å². The van der Waals surface area contributed by atoms with Gasteiger partial charge in [0.1, 0.15) is 0 Å². The van der Waals surface area contributed by atoms with Crippen molar-refractivity contribution in [3.05, 3.63) is 128 Å². The fraction of sp³-hybridized carbons (Fsp3) is 0.211. The first-order valence-electron chi connectivity index (χ1n) is 15.4. The van der Waals surface area contributed by atoms with Crippen LogP contribution in [0.2, 0.25) is 0 Å². The Balaban J connectivity index is 0.000000224. The van der Waals surface area contributed by atoms with Gasteiger partial charge in [-0.3, -0.25) is 19.2 Å². The SMILES string of the molecule is COC1=CC=C2C(=O)c3ccc(C(=O)CCC(=O)[O-])cc3SC=C2C1.COC1=CC=C2C(=O)c3ccc(C(=O)CCC(=O)[O-])cc3SC=C2C1.[Cu+2]. The van der Waals surface area contributed by atoms with Crippen molar-refractivity contribution in [3.8, 4) is 0 Å². The van der Waals surface area contributed by atoms with Gasteiger partial charge < -0.3 is 29.3 Å². The Kier molecular flexibility index (Phi) is 13.4. The Morgan fingerprint density at radius 3 is 1.37 bits per heavy atom. The quantitative estimate of drug-likeness (QED) is 0.238. The number of thioether (sulfide) groups is 2. The molecule has 4 aliphatic rings. The summed E-state index contributed by atoms with van der Waals surface area (Å²) >= 11 is 2.76. The Labute approximate surface area is 312 Å². The summed E-state index contributed by atoms with van der Waals surface area (Å²) in [5.41, 5.74) is 4.89. The molecule has 0 saturated heterocycles. The molecule has 6 rings (SSSR count). The van der Waals surface area contributed by atoms with Crippen molar-refractivity contribution < 1.29 is 65.5 Å². The fourth-order valence-corrected chi connectivity index (χ4v) is 7.35. The summed E-state index contributed by atoms with van der Waals surface area (Å²) in [5.74, 6) is -1.68. The summed E-state index contributed by atoms with van der Waals surface area (Å²) in [5, 5.41) is 24.8. The maximum atomic E-state index is 12.8. The molecule has 0 unspecified atom stereocenters. The Morgan fingerprint density at radius 1 is 0.627 bits per heavy atom. The molecule has 2 heterocycles. The van der Waals surface area contributed by atoms with E-state index in [1.54, 1.807) is 74.9 Å². The van der Waals surface area contributed by atoms with Crippen LogP contribution < -0.4 is 10.2 Å². The number of aliphatic carboxylic acids is 2. The largest absolute Gasteiger partial charge is 2.00 e. The number of carboxylic acid groups (broad SMARTS) is 2. The molecule has 0 fully saturated rings. The predicted molar refractivity (Wildman–Crippen MR) is 182 cm³/mol. The number of rotatable bonds is 10. The van der Waals surface area contributed by atoms with Crippen LogP contribution in [-0.4, -0.2) is 49.3 Å². The number of Topliss-reactive ketones (excluding diaryl/α,β-unsaturated/α-hetero) is 4. The van der Waals surface area contributed by atoms with Crippen molar-refractivity contribution in [1.82, 2.24) is 0 Å². The number of benzene rings is 2. The van der Waals surface area contributed by atoms with Gasteiger partial charge in [-0.15, -0.1) is 0 Å². The van der Waals surface area contributed by atoms with Crippen molar-refractivity contribution in [2.75, 3.05) is 14.2 Å². The molecular weight excluding hydrogens is 744 g/mol. The number of hydrogen-bond donors (Lipinski definition) is 0. The third-order valence-electron chi connectivity index (χ3n) is 8.17. The third-order valence-corrected chi connectivity index (χ3v) is 10.2. The average Bonchev–Trinajstić information content (AvgIpc) is 3.35. The van der Waals surface area contributed by atoms with E-state index < -0.39 is 11.9 Å². The molecule has 2 aromatic rings. The number of fused-ring (bicyclic) bond motifs is 4. The van der Waals surface area contributed by atoms with Crippen molar-refractivity contribution >= 4 is 58.6 Å². The van der Waals surface area contributed by atoms with E-state index >= 15 is 0 Å². The predicted octanol–water partition coefficient (Wildman–Crippen LogP) is 4.86. The van der Waals surface area contributed by atoms with Gasteiger partial charge in [-0.1, -0.05) is 35.7 Å². The number of allylic oxidation sites excluding steroid dienone is 8. The van der Waals surface area contributed by atoms with Crippen LogP contribution in [-0.2, 0) is 36.1 Å². The van der Waals surface area contributed by atoms with E-state index in [1.807, 2.05) is 10.8 Å². The molecule has 0 amide bonds. The Bertz CT molecular complexity index is 1870. The number of hydrogen-bond acceptors (Lipinski definition) is 12. The van der Waals surface area contributed by atoms with Crippen LogP contribution in [0.25, 0.3) is 0 Å². The van der Waals surface area contributed by atoms with Crippen LogP contribution in [0.5, 0.6) is 0 Å². The zero-order chi connectivity index (χ0) is 35.9. The van der Waals surface area contributed by atoms with Gasteiger partial charge in [0.25, 0.3) is 0 Å². The number of carboxylic acids is 2. The molecule has 51 heavy (non-hydrogen) atoms. The van der Waals surface area contributed by atoms with Gasteiger partial charge in [0.15, 0.2) is 23.1 Å². The molecule has 265 valence electrons. The van der Waals surface area contributed by atoms with Crippen LogP contribution in [0.4, 0.5) is 0 Å². The minimum absolute atomic E-state index is 0. The van der Waals surface area contributed by atoms with Gasteiger partial charge in [-0.05, 0) is 83.4 Å². The molecule has 0 spiro atoms. The molecule has 2 aromatic carbocycles. The number of methoxy groups -OCH3 is 2. The fourth-order valence-electron chi connectivity index (χ4n) is 5.43. The normalized spacial score (nSPS) is 15.6. The molecule has 0 saturated carbocycles. The summed E-state index contributed by atoms with van der Waals surface area (Å²) in [4.78, 5) is 72.2. The zero-order valence-corrected chi connectivity index (χ0v) is 29.9. The summed E-state index contributed by atoms with van der Waals surface area (Å²) in [7, 11) is 3.19. The Morgan fingerprint density at radius 2 is 1.02 bits per heavy atom. The second-order valence-electron chi connectivity index (χ2n) is 11.4. The van der Waals surface area contributed by atoms with Crippen LogP contribution in [0.3, 0.4) is 0 Å². The molecule has 1 radical (unpaired) electrons. The van der Waals surface area contributed by atoms with Gasteiger partial charge in [-0.2, -0.15) is 0 Å². The van der Waals surface area contributed by atoms with E-state index in [0.29, 0.717) is 56.0 Å². The summed E-state index contributed by atoms with van der Waals surface area (Å²) in [6.45, 7) is 0. The summed E-state index contributed by atoms with van der Waals surface area (Å²) in [6, 6.07) is 9.69.